The van der Waals surface area contributed by atoms with E-state index >= 15 is 0 Å². The number of aliphatic carboxylic acids is 1. The maximum absolute atomic E-state index is 13.8. The first-order chi connectivity index (χ1) is 8.16. The molecule has 3 unspecified atom stereocenters. The molecular formula is C13H21FO3. The number of carbonyl (C=O) groups is 1. The Morgan fingerprint density at radius 1 is 1.12 bits per heavy atom. The zero-order chi connectivity index (χ0) is 12.3. The third-order valence-electron chi connectivity index (χ3n) is 3.98. The van der Waals surface area contributed by atoms with E-state index in [0.29, 0.717) is 12.8 Å². The Labute approximate surface area is 101 Å². The lowest BCUT2D eigenvalue weighted by molar-refractivity contribution is -0.147. The van der Waals surface area contributed by atoms with Crippen LogP contribution in [0.2, 0.25) is 0 Å². The van der Waals surface area contributed by atoms with E-state index < -0.39 is 18.1 Å². The molecule has 2 aliphatic carbocycles. The Morgan fingerprint density at radius 3 is 2.41 bits per heavy atom. The van der Waals surface area contributed by atoms with Crippen LogP contribution in [0.5, 0.6) is 0 Å². The van der Waals surface area contributed by atoms with Crippen LogP contribution in [0.1, 0.15) is 51.4 Å². The smallest absolute Gasteiger partial charge is 0.306 e. The quantitative estimate of drug-likeness (QED) is 0.830. The number of hydrogen-bond acceptors (Lipinski definition) is 2. The first kappa shape index (κ1) is 12.8. The number of alkyl halides is 1. The molecule has 3 nitrogen and oxygen atoms in total. The van der Waals surface area contributed by atoms with Crippen LogP contribution in [-0.4, -0.2) is 29.5 Å². The van der Waals surface area contributed by atoms with Crippen molar-refractivity contribution in [3.63, 3.8) is 0 Å². The summed E-state index contributed by atoms with van der Waals surface area (Å²) in [5.74, 6) is -1.39. The average molecular weight is 244 g/mol. The van der Waals surface area contributed by atoms with Crippen molar-refractivity contribution >= 4 is 5.97 Å². The highest BCUT2D eigenvalue weighted by Gasteiger charge is 2.35. The summed E-state index contributed by atoms with van der Waals surface area (Å²) in [6.07, 6.45) is 5.61. The van der Waals surface area contributed by atoms with Crippen molar-refractivity contribution in [3.05, 3.63) is 0 Å². The highest BCUT2D eigenvalue weighted by atomic mass is 19.1. The monoisotopic (exact) mass is 244 g/mol. The molecular weight excluding hydrogens is 223 g/mol. The molecule has 0 saturated heterocycles. The normalized spacial score (nSPS) is 35.7. The Bertz CT molecular complexity index is 263. The molecule has 2 rings (SSSR count). The van der Waals surface area contributed by atoms with Crippen molar-refractivity contribution < 1.29 is 19.0 Å². The van der Waals surface area contributed by atoms with E-state index in [2.05, 4.69) is 0 Å². The van der Waals surface area contributed by atoms with Crippen molar-refractivity contribution in [1.82, 2.24) is 0 Å². The molecule has 98 valence electrons. The van der Waals surface area contributed by atoms with Gasteiger partial charge < -0.3 is 9.84 Å². The standard InChI is InChI=1S/C13H21FO3/c14-11-8-9(13(15)16)6-7-12(11)17-10-4-2-1-3-5-10/h9-12H,1-8H2,(H,15,16). The van der Waals surface area contributed by atoms with Crippen LogP contribution in [0.15, 0.2) is 0 Å². The zero-order valence-electron chi connectivity index (χ0n) is 10.1. The summed E-state index contributed by atoms with van der Waals surface area (Å²) in [6, 6.07) is 0. The highest BCUT2D eigenvalue weighted by molar-refractivity contribution is 5.70. The average Bonchev–Trinajstić information content (AvgIpc) is 2.33. The van der Waals surface area contributed by atoms with Gasteiger partial charge in [0.1, 0.15) is 6.17 Å². The van der Waals surface area contributed by atoms with Crippen LogP contribution >= 0.6 is 0 Å². The summed E-state index contributed by atoms with van der Waals surface area (Å²) < 4.78 is 19.6. The molecule has 0 spiro atoms. The number of carboxylic acid groups (broad SMARTS) is 1. The van der Waals surface area contributed by atoms with Crippen LogP contribution in [-0.2, 0) is 9.53 Å². The van der Waals surface area contributed by atoms with Gasteiger partial charge in [0.2, 0.25) is 0 Å². The lowest BCUT2D eigenvalue weighted by Crippen LogP contribution is -2.38. The molecule has 0 aromatic rings. The third-order valence-corrected chi connectivity index (χ3v) is 3.98. The lowest BCUT2D eigenvalue weighted by atomic mass is 9.85. The van der Waals surface area contributed by atoms with Crippen LogP contribution in [0.3, 0.4) is 0 Å². The van der Waals surface area contributed by atoms with Crippen molar-refractivity contribution in [1.29, 1.82) is 0 Å². The fourth-order valence-corrected chi connectivity index (χ4v) is 2.91. The summed E-state index contributed by atoms with van der Waals surface area (Å²) in [6.45, 7) is 0. The summed E-state index contributed by atoms with van der Waals surface area (Å²) in [7, 11) is 0. The van der Waals surface area contributed by atoms with E-state index in [4.69, 9.17) is 9.84 Å². The highest BCUT2D eigenvalue weighted by Crippen LogP contribution is 2.32. The summed E-state index contributed by atoms with van der Waals surface area (Å²) in [5.41, 5.74) is 0. The maximum atomic E-state index is 13.8. The number of carboxylic acids is 1. The number of halogens is 1. The second-order valence-electron chi connectivity index (χ2n) is 5.30. The first-order valence-electron chi connectivity index (χ1n) is 6.69. The molecule has 2 aliphatic rings. The second-order valence-corrected chi connectivity index (χ2v) is 5.30. The molecule has 3 atom stereocenters. The van der Waals surface area contributed by atoms with Crippen molar-refractivity contribution in [3.8, 4) is 0 Å². The molecule has 0 radical (unpaired) electrons. The molecule has 0 amide bonds. The number of hydrogen-bond donors (Lipinski definition) is 1. The molecule has 17 heavy (non-hydrogen) atoms. The second kappa shape index (κ2) is 5.80. The molecule has 2 saturated carbocycles. The van der Waals surface area contributed by atoms with Crippen LogP contribution in [0.25, 0.3) is 0 Å². The van der Waals surface area contributed by atoms with Gasteiger partial charge in [-0.25, -0.2) is 4.39 Å². The lowest BCUT2D eigenvalue weighted by Gasteiger charge is -2.33. The van der Waals surface area contributed by atoms with E-state index in [0.717, 1.165) is 12.8 Å². The number of ether oxygens (including phenoxy) is 1. The van der Waals surface area contributed by atoms with Gasteiger partial charge in [0.25, 0.3) is 0 Å². The van der Waals surface area contributed by atoms with Crippen molar-refractivity contribution in [2.75, 3.05) is 0 Å². The van der Waals surface area contributed by atoms with Gasteiger partial charge in [-0.15, -0.1) is 0 Å². The summed E-state index contributed by atoms with van der Waals surface area (Å²) >= 11 is 0. The third kappa shape index (κ3) is 3.41. The molecule has 2 fully saturated rings. The SMILES string of the molecule is O=C(O)C1CCC(OC2CCCCC2)C(F)C1. The molecule has 0 aliphatic heterocycles. The maximum Gasteiger partial charge on any atom is 0.306 e. The van der Waals surface area contributed by atoms with Crippen LogP contribution in [0.4, 0.5) is 4.39 Å². The van der Waals surface area contributed by atoms with Gasteiger partial charge in [-0.3, -0.25) is 4.79 Å². The van der Waals surface area contributed by atoms with E-state index in [1.165, 1.54) is 19.3 Å². The van der Waals surface area contributed by atoms with Crippen molar-refractivity contribution in [2.24, 2.45) is 5.92 Å². The largest absolute Gasteiger partial charge is 0.481 e. The summed E-state index contributed by atoms with van der Waals surface area (Å²) in [4.78, 5) is 10.8. The Morgan fingerprint density at radius 2 is 1.82 bits per heavy atom. The fourth-order valence-electron chi connectivity index (χ4n) is 2.91. The molecule has 1 N–H and O–H groups in total. The van der Waals surface area contributed by atoms with Gasteiger partial charge in [-0.2, -0.15) is 0 Å². The zero-order valence-corrected chi connectivity index (χ0v) is 10.1. The van der Waals surface area contributed by atoms with Gasteiger partial charge >= 0.3 is 5.97 Å². The predicted octanol–water partition coefficient (Wildman–Crippen LogP) is 2.93. The number of rotatable bonds is 3. The fraction of sp³-hybridized carbons (Fsp3) is 0.923. The minimum Gasteiger partial charge on any atom is -0.481 e. The van der Waals surface area contributed by atoms with Gasteiger partial charge in [0.15, 0.2) is 0 Å². The van der Waals surface area contributed by atoms with Gasteiger partial charge in [0, 0.05) is 0 Å². The van der Waals surface area contributed by atoms with Crippen molar-refractivity contribution in [2.45, 2.75) is 69.7 Å². The predicted molar refractivity (Wildman–Crippen MR) is 61.6 cm³/mol. The Hall–Kier alpha value is -0.640. The van der Waals surface area contributed by atoms with E-state index in [1.54, 1.807) is 0 Å². The van der Waals surface area contributed by atoms with Crippen LogP contribution in [0, 0.1) is 5.92 Å². The minimum absolute atomic E-state index is 0.118. The summed E-state index contributed by atoms with van der Waals surface area (Å²) in [5, 5.41) is 8.86. The van der Waals surface area contributed by atoms with E-state index in [1.807, 2.05) is 0 Å². The van der Waals surface area contributed by atoms with Crippen LogP contribution < -0.4 is 0 Å². The molecule has 0 aromatic carbocycles. The Kier molecular flexibility index (Phi) is 4.37. The van der Waals surface area contributed by atoms with Gasteiger partial charge in [0.05, 0.1) is 18.1 Å². The molecule has 4 heteroatoms. The van der Waals surface area contributed by atoms with E-state index in [9.17, 15) is 9.18 Å². The molecule has 0 heterocycles. The molecule has 0 bridgehead atoms. The Balaban J connectivity index is 1.80. The first-order valence-corrected chi connectivity index (χ1v) is 6.69. The molecule has 0 aromatic heterocycles. The minimum atomic E-state index is -1.10. The van der Waals surface area contributed by atoms with Gasteiger partial charge in [-0.05, 0) is 32.1 Å². The van der Waals surface area contributed by atoms with E-state index in [-0.39, 0.29) is 18.6 Å². The topological polar surface area (TPSA) is 46.5 Å². The van der Waals surface area contributed by atoms with Gasteiger partial charge in [-0.1, -0.05) is 19.3 Å².